The van der Waals surface area contributed by atoms with Crippen molar-refractivity contribution < 1.29 is 9.53 Å². The van der Waals surface area contributed by atoms with Crippen molar-refractivity contribution in [2.75, 3.05) is 13.1 Å². The first-order chi connectivity index (χ1) is 9.29. The average Bonchev–Trinajstić information content (AvgIpc) is 2.46. The number of likely N-dealkylation sites (N-methyl/N-ethyl adjacent to an activating group) is 1. The zero-order valence-electron chi connectivity index (χ0n) is 10.9. The van der Waals surface area contributed by atoms with Crippen LogP contribution in [0.5, 0.6) is 11.5 Å². The number of para-hydroxylation sites is 1. The molecule has 1 N–H and O–H groups in total. The third-order valence-electron chi connectivity index (χ3n) is 2.69. The van der Waals surface area contributed by atoms with Crippen LogP contribution in [-0.4, -0.2) is 18.9 Å². The third-order valence-corrected chi connectivity index (χ3v) is 2.69. The highest BCUT2D eigenvalue weighted by molar-refractivity contribution is 5.97. The van der Waals surface area contributed by atoms with Crippen molar-refractivity contribution in [2.45, 2.75) is 6.92 Å². The Morgan fingerprint density at radius 3 is 2.26 bits per heavy atom. The second-order valence-electron chi connectivity index (χ2n) is 4.14. The van der Waals surface area contributed by atoms with Crippen LogP contribution in [0.25, 0.3) is 0 Å². The molecule has 0 saturated heterocycles. The molecule has 98 valence electrons. The minimum atomic E-state index is 0.0908. The number of ether oxygens (including phenoxy) is 1. The van der Waals surface area contributed by atoms with Gasteiger partial charge in [-0.15, -0.1) is 0 Å². The van der Waals surface area contributed by atoms with Gasteiger partial charge in [-0.25, -0.2) is 0 Å². The number of benzene rings is 2. The monoisotopic (exact) mass is 255 g/mol. The fraction of sp³-hybridized carbons (Fsp3) is 0.188. The number of Topliss-reactive ketones (excluding diaryl/α,β-unsaturated/α-hetero) is 1. The number of hydrogen-bond acceptors (Lipinski definition) is 3. The molecule has 2 aromatic rings. The summed E-state index contributed by atoms with van der Waals surface area (Å²) in [6.07, 6.45) is 0. The third kappa shape index (κ3) is 3.93. The molecule has 3 nitrogen and oxygen atoms in total. The van der Waals surface area contributed by atoms with Gasteiger partial charge >= 0.3 is 0 Å². The van der Waals surface area contributed by atoms with Crippen molar-refractivity contribution in [3.63, 3.8) is 0 Å². The highest BCUT2D eigenvalue weighted by Gasteiger charge is 2.05. The SMILES string of the molecule is CCNCC(=O)c1ccc(Oc2ccccc2)cc1. The molecule has 0 aliphatic rings. The topological polar surface area (TPSA) is 38.3 Å². The summed E-state index contributed by atoms with van der Waals surface area (Å²) in [6.45, 7) is 3.14. The van der Waals surface area contributed by atoms with Crippen LogP contribution in [-0.2, 0) is 0 Å². The molecule has 0 atom stereocenters. The van der Waals surface area contributed by atoms with Crippen molar-refractivity contribution in [3.8, 4) is 11.5 Å². The normalized spacial score (nSPS) is 10.2. The highest BCUT2D eigenvalue weighted by Crippen LogP contribution is 2.21. The second kappa shape index (κ2) is 6.71. The van der Waals surface area contributed by atoms with E-state index < -0.39 is 0 Å². The van der Waals surface area contributed by atoms with E-state index in [0.717, 1.165) is 18.0 Å². The van der Waals surface area contributed by atoms with Crippen molar-refractivity contribution in [1.29, 1.82) is 0 Å². The molecular weight excluding hydrogens is 238 g/mol. The number of rotatable bonds is 6. The molecule has 0 bridgehead atoms. The molecular formula is C16H17NO2. The van der Waals surface area contributed by atoms with Crippen LogP contribution in [0.3, 0.4) is 0 Å². The predicted octanol–water partition coefficient (Wildman–Crippen LogP) is 3.27. The Kier molecular flexibility index (Phi) is 4.70. The molecule has 0 spiro atoms. The van der Waals surface area contributed by atoms with Gasteiger partial charge in [-0.05, 0) is 42.9 Å². The lowest BCUT2D eigenvalue weighted by Gasteiger charge is -2.06. The molecule has 0 fully saturated rings. The maximum absolute atomic E-state index is 11.8. The molecule has 0 amide bonds. The van der Waals surface area contributed by atoms with E-state index in [-0.39, 0.29) is 5.78 Å². The molecule has 2 rings (SSSR count). The summed E-state index contributed by atoms with van der Waals surface area (Å²) < 4.78 is 5.67. The van der Waals surface area contributed by atoms with Crippen LogP contribution < -0.4 is 10.1 Å². The molecule has 0 aromatic heterocycles. The first-order valence-electron chi connectivity index (χ1n) is 6.36. The first kappa shape index (κ1) is 13.3. The molecule has 0 heterocycles. The van der Waals surface area contributed by atoms with Gasteiger partial charge in [0, 0.05) is 5.56 Å². The van der Waals surface area contributed by atoms with Gasteiger partial charge in [0.05, 0.1) is 6.54 Å². The van der Waals surface area contributed by atoms with Gasteiger partial charge in [0.25, 0.3) is 0 Å². The fourth-order valence-electron chi connectivity index (χ4n) is 1.67. The maximum atomic E-state index is 11.8. The van der Waals surface area contributed by atoms with Crippen molar-refractivity contribution >= 4 is 5.78 Å². The van der Waals surface area contributed by atoms with Crippen LogP contribution >= 0.6 is 0 Å². The molecule has 0 radical (unpaired) electrons. The summed E-state index contributed by atoms with van der Waals surface area (Å²) in [5, 5.41) is 3.02. The minimum absolute atomic E-state index is 0.0908. The summed E-state index contributed by atoms with van der Waals surface area (Å²) in [7, 11) is 0. The lowest BCUT2D eigenvalue weighted by atomic mass is 10.1. The standard InChI is InChI=1S/C16H17NO2/c1-2-17-12-16(18)13-8-10-15(11-9-13)19-14-6-4-3-5-7-14/h3-11,17H,2,12H2,1H3. The van der Waals surface area contributed by atoms with Gasteiger partial charge in [-0.3, -0.25) is 4.79 Å². The number of hydrogen-bond donors (Lipinski definition) is 1. The highest BCUT2D eigenvalue weighted by atomic mass is 16.5. The quantitative estimate of drug-likeness (QED) is 0.805. The fourth-order valence-corrected chi connectivity index (χ4v) is 1.67. The zero-order chi connectivity index (χ0) is 13.5. The lowest BCUT2D eigenvalue weighted by Crippen LogP contribution is -2.22. The summed E-state index contributed by atoms with van der Waals surface area (Å²) in [5.41, 5.74) is 0.696. The van der Waals surface area contributed by atoms with Crippen molar-refractivity contribution in [2.24, 2.45) is 0 Å². The van der Waals surface area contributed by atoms with Gasteiger partial charge in [0.2, 0.25) is 0 Å². The Balaban J connectivity index is 2.00. The van der Waals surface area contributed by atoms with Gasteiger partial charge in [0.15, 0.2) is 5.78 Å². The summed E-state index contributed by atoms with van der Waals surface area (Å²) in [4.78, 5) is 11.8. The van der Waals surface area contributed by atoms with E-state index in [4.69, 9.17) is 4.74 Å². The maximum Gasteiger partial charge on any atom is 0.176 e. The Labute approximate surface area is 113 Å². The first-order valence-corrected chi connectivity index (χ1v) is 6.36. The van der Waals surface area contributed by atoms with Crippen LogP contribution in [0.2, 0.25) is 0 Å². The average molecular weight is 255 g/mol. The minimum Gasteiger partial charge on any atom is -0.457 e. The number of ketones is 1. The molecule has 0 unspecified atom stereocenters. The Bertz CT molecular complexity index is 520. The predicted molar refractivity (Wildman–Crippen MR) is 75.8 cm³/mol. The van der Waals surface area contributed by atoms with Crippen molar-refractivity contribution in [1.82, 2.24) is 5.32 Å². The van der Waals surface area contributed by atoms with Crippen LogP contribution in [0.15, 0.2) is 54.6 Å². The van der Waals surface area contributed by atoms with E-state index in [1.165, 1.54) is 0 Å². The number of carbonyl (C=O) groups is 1. The van der Waals surface area contributed by atoms with Crippen LogP contribution in [0.1, 0.15) is 17.3 Å². The molecule has 2 aromatic carbocycles. The molecule has 0 aliphatic carbocycles. The van der Waals surface area contributed by atoms with Crippen molar-refractivity contribution in [3.05, 3.63) is 60.2 Å². The van der Waals surface area contributed by atoms with Crippen LogP contribution in [0.4, 0.5) is 0 Å². The number of nitrogens with one attached hydrogen (secondary N) is 1. The van der Waals surface area contributed by atoms with E-state index in [9.17, 15) is 4.79 Å². The lowest BCUT2D eigenvalue weighted by molar-refractivity contribution is 0.0992. The van der Waals surface area contributed by atoms with E-state index >= 15 is 0 Å². The Hall–Kier alpha value is -2.13. The summed E-state index contributed by atoms with van der Waals surface area (Å²) in [5.74, 6) is 1.61. The Morgan fingerprint density at radius 1 is 1.00 bits per heavy atom. The second-order valence-corrected chi connectivity index (χ2v) is 4.14. The molecule has 0 aliphatic heterocycles. The molecule has 3 heteroatoms. The molecule has 19 heavy (non-hydrogen) atoms. The van der Waals surface area contributed by atoms with E-state index in [0.29, 0.717) is 12.1 Å². The zero-order valence-corrected chi connectivity index (χ0v) is 10.9. The van der Waals surface area contributed by atoms with Gasteiger partial charge < -0.3 is 10.1 Å². The smallest absolute Gasteiger partial charge is 0.176 e. The van der Waals surface area contributed by atoms with E-state index in [2.05, 4.69) is 5.32 Å². The van der Waals surface area contributed by atoms with Gasteiger partial charge in [-0.2, -0.15) is 0 Å². The molecule has 0 saturated carbocycles. The van der Waals surface area contributed by atoms with Crippen LogP contribution in [0, 0.1) is 0 Å². The largest absolute Gasteiger partial charge is 0.457 e. The summed E-state index contributed by atoms with van der Waals surface area (Å²) in [6, 6.07) is 16.8. The van der Waals surface area contributed by atoms with Gasteiger partial charge in [0.1, 0.15) is 11.5 Å². The number of carbonyl (C=O) groups excluding carboxylic acids is 1. The van der Waals surface area contributed by atoms with E-state index in [1.54, 1.807) is 12.1 Å². The van der Waals surface area contributed by atoms with E-state index in [1.807, 2.05) is 49.4 Å². The van der Waals surface area contributed by atoms with Gasteiger partial charge in [-0.1, -0.05) is 25.1 Å². The Morgan fingerprint density at radius 2 is 1.63 bits per heavy atom. The summed E-state index contributed by atoms with van der Waals surface area (Å²) >= 11 is 0.